The Bertz CT molecular complexity index is 1450. The highest BCUT2D eigenvalue weighted by Gasteiger charge is 2.21. The van der Waals surface area contributed by atoms with Gasteiger partial charge in [0.2, 0.25) is 0 Å². The van der Waals surface area contributed by atoms with Gasteiger partial charge in [-0.05, 0) is 49.4 Å². The molecule has 0 saturated heterocycles. The summed E-state index contributed by atoms with van der Waals surface area (Å²) in [5.41, 5.74) is 1.90. The molecule has 1 amide bonds. The van der Waals surface area contributed by atoms with E-state index in [4.69, 9.17) is 9.15 Å². The van der Waals surface area contributed by atoms with Gasteiger partial charge in [0.1, 0.15) is 10.4 Å². The van der Waals surface area contributed by atoms with Crippen LogP contribution in [0.5, 0.6) is 0 Å². The molecule has 1 aliphatic rings. The van der Waals surface area contributed by atoms with Gasteiger partial charge in [-0.1, -0.05) is 0 Å². The lowest BCUT2D eigenvalue weighted by Gasteiger charge is -2.10. The van der Waals surface area contributed by atoms with Gasteiger partial charge in [-0.2, -0.15) is 0 Å². The summed E-state index contributed by atoms with van der Waals surface area (Å²) in [4.78, 5) is 43.5. The molecule has 0 spiro atoms. The number of ether oxygens (including phenoxy) is 1. The zero-order valence-corrected chi connectivity index (χ0v) is 17.6. The van der Waals surface area contributed by atoms with E-state index in [-0.39, 0.29) is 18.7 Å². The van der Waals surface area contributed by atoms with Crippen LogP contribution in [0.1, 0.15) is 29.3 Å². The van der Waals surface area contributed by atoms with Gasteiger partial charge in [0.05, 0.1) is 24.9 Å². The lowest BCUT2D eigenvalue weighted by molar-refractivity contribution is 0.168. The number of nitrogens with one attached hydrogen (secondary N) is 1. The summed E-state index contributed by atoms with van der Waals surface area (Å²) >= 11 is 1.60. The second kappa shape index (κ2) is 7.66. The Labute approximate surface area is 180 Å². The molecule has 3 heterocycles. The van der Waals surface area contributed by atoms with Crippen LogP contribution in [-0.2, 0) is 24.1 Å². The van der Waals surface area contributed by atoms with Gasteiger partial charge in [0.15, 0.2) is 0 Å². The summed E-state index contributed by atoms with van der Waals surface area (Å²) in [6.07, 6.45) is 3.92. The Balaban J connectivity index is 1.55. The van der Waals surface area contributed by atoms with Crippen LogP contribution in [0.15, 0.2) is 44.6 Å². The normalized spacial score (nSPS) is 12.9. The summed E-state index contributed by atoms with van der Waals surface area (Å²) in [5.74, 6) is 0. The van der Waals surface area contributed by atoms with Crippen LogP contribution in [0.4, 0.5) is 10.5 Å². The number of anilines is 1. The number of hydrogen-bond acceptors (Lipinski definition) is 7. The fraction of sp³-hybridized carbons (Fsp3) is 0.273. The Morgan fingerprint density at radius 3 is 3.00 bits per heavy atom. The molecule has 3 aromatic heterocycles. The van der Waals surface area contributed by atoms with Crippen molar-refractivity contribution in [3.05, 3.63) is 67.4 Å². The summed E-state index contributed by atoms with van der Waals surface area (Å²) in [6.45, 7) is 2.15. The third-order valence-corrected chi connectivity index (χ3v) is 6.58. The molecule has 0 fully saturated rings. The Morgan fingerprint density at radius 1 is 1.29 bits per heavy atom. The minimum Gasteiger partial charge on any atom is -0.450 e. The van der Waals surface area contributed by atoms with E-state index in [1.165, 1.54) is 21.8 Å². The highest BCUT2D eigenvalue weighted by molar-refractivity contribution is 7.18. The van der Waals surface area contributed by atoms with Crippen molar-refractivity contribution < 1.29 is 13.9 Å². The predicted octanol–water partition coefficient (Wildman–Crippen LogP) is 3.67. The van der Waals surface area contributed by atoms with Crippen molar-refractivity contribution in [2.75, 3.05) is 11.9 Å². The fourth-order valence-electron chi connectivity index (χ4n) is 4.04. The monoisotopic (exact) mass is 437 g/mol. The lowest BCUT2D eigenvalue weighted by Crippen LogP contribution is -2.22. The summed E-state index contributed by atoms with van der Waals surface area (Å²) in [6, 6.07) is 6.38. The molecule has 0 saturated carbocycles. The van der Waals surface area contributed by atoms with Crippen molar-refractivity contribution in [3.63, 3.8) is 0 Å². The molecule has 9 heteroatoms. The third kappa shape index (κ3) is 3.50. The summed E-state index contributed by atoms with van der Waals surface area (Å²) in [7, 11) is 0. The van der Waals surface area contributed by atoms with Crippen LogP contribution in [0.3, 0.4) is 0 Å². The van der Waals surface area contributed by atoms with Crippen molar-refractivity contribution in [1.29, 1.82) is 0 Å². The van der Waals surface area contributed by atoms with E-state index in [0.717, 1.165) is 29.7 Å². The first-order valence-electron chi connectivity index (χ1n) is 10.0. The van der Waals surface area contributed by atoms with Gasteiger partial charge in [-0.3, -0.25) is 14.7 Å². The molecule has 158 valence electrons. The van der Waals surface area contributed by atoms with E-state index >= 15 is 0 Å². The molecular weight excluding hydrogens is 418 g/mol. The number of carbonyl (C=O) groups is 1. The molecule has 1 aromatic carbocycles. The number of hydrogen-bond donors (Lipinski definition) is 1. The van der Waals surface area contributed by atoms with Gasteiger partial charge < -0.3 is 9.15 Å². The quantitative estimate of drug-likeness (QED) is 0.489. The zero-order valence-electron chi connectivity index (χ0n) is 16.8. The SMILES string of the molecule is CCOC(=O)Nc1ccc2c(Cn3cnc4sc5c(c4c3=O)CCC5)cc(=O)oc2c1. The highest BCUT2D eigenvalue weighted by Crippen LogP contribution is 2.34. The standard InChI is InChI=1S/C22H19N3O5S/c1-2-29-22(28)24-13-6-7-14-12(8-18(26)30-16(14)9-13)10-25-11-23-20-19(21(25)27)15-4-3-5-17(15)31-20/h6-9,11H,2-5,10H2,1H3,(H,24,28). The number of nitrogens with zero attached hydrogens (tertiary/aromatic N) is 2. The van der Waals surface area contributed by atoms with Crippen molar-refractivity contribution >= 4 is 44.3 Å². The predicted molar refractivity (Wildman–Crippen MR) is 118 cm³/mol. The highest BCUT2D eigenvalue weighted by atomic mass is 32.1. The van der Waals surface area contributed by atoms with Crippen molar-refractivity contribution in [3.8, 4) is 0 Å². The minimum atomic E-state index is -0.588. The Hall–Kier alpha value is -3.46. The topological polar surface area (TPSA) is 103 Å². The van der Waals surface area contributed by atoms with E-state index in [2.05, 4.69) is 10.3 Å². The van der Waals surface area contributed by atoms with Crippen molar-refractivity contribution in [2.24, 2.45) is 0 Å². The molecule has 5 rings (SSSR count). The number of carbonyl (C=O) groups excluding carboxylic acids is 1. The van der Waals surface area contributed by atoms with Crippen LogP contribution in [0, 0.1) is 0 Å². The number of aryl methyl sites for hydroxylation is 2. The van der Waals surface area contributed by atoms with Gasteiger partial charge >= 0.3 is 11.7 Å². The number of rotatable bonds is 4. The Kier molecular flexibility index (Phi) is 4.82. The number of aromatic nitrogens is 2. The van der Waals surface area contributed by atoms with E-state index in [9.17, 15) is 14.4 Å². The van der Waals surface area contributed by atoms with Crippen LogP contribution in [-0.4, -0.2) is 22.3 Å². The maximum atomic E-state index is 13.2. The number of benzene rings is 1. The molecule has 0 bridgehead atoms. The van der Waals surface area contributed by atoms with E-state index in [1.54, 1.807) is 36.5 Å². The number of amides is 1. The molecule has 31 heavy (non-hydrogen) atoms. The second-order valence-corrected chi connectivity index (χ2v) is 8.45. The van der Waals surface area contributed by atoms with Crippen LogP contribution in [0.25, 0.3) is 21.2 Å². The average molecular weight is 437 g/mol. The van der Waals surface area contributed by atoms with Crippen LogP contribution >= 0.6 is 11.3 Å². The molecule has 1 N–H and O–H groups in total. The number of thiophene rings is 1. The smallest absolute Gasteiger partial charge is 0.411 e. The first-order valence-corrected chi connectivity index (χ1v) is 10.9. The van der Waals surface area contributed by atoms with Crippen LogP contribution in [0.2, 0.25) is 0 Å². The fourth-order valence-corrected chi connectivity index (χ4v) is 5.26. The van der Waals surface area contributed by atoms with Gasteiger partial charge in [0, 0.05) is 28.1 Å². The first kappa shape index (κ1) is 19.5. The van der Waals surface area contributed by atoms with E-state index in [0.29, 0.717) is 27.6 Å². The minimum absolute atomic E-state index is 0.0913. The maximum Gasteiger partial charge on any atom is 0.411 e. The van der Waals surface area contributed by atoms with E-state index in [1.807, 2.05) is 0 Å². The van der Waals surface area contributed by atoms with Gasteiger partial charge in [0.25, 0.3) is 5.56 Å². The number of fused-ring (bicyclic) bond motifs is 4. The average Bonchev–Trinajstić information content (AvgIpc) is 3.31. The molecule has 0 aliphatic heterocycles. The second-order valence-electron chi connectivity index (χ2n) is 7.36. The molecule has 8 nitrogen and oxygen atoms in total. The largest absolute Gasteiger partial charge is 0.450 e. The third-order valence-electron chi connectivity index (χ3n) is 5.38. The first-order chi connectivity index (χ1) is 15.0. The lowest BCUT2D eigenvalue weighted by atomic mass is 10.1. The molecule has 1 aliphatic carbocycles. The van der Waals surface area contributed by atoms with Gasteiger partial charge in [-0.25, -0.2) is 14.6 Å². The molecular formula is C22H19N3O5S. The summed E-state index contributed by atoms with van der Waals surface area (Å²) < 4.78 is 11.7. The zero-order chi connectivity index (χ0) is 21.5. The van der Waals surface area contributed by atoms with Crippen molar-refractivity contribution in [2.45, 2.75) is 32.7 Å². The Morgan fingerprint density at radius 2 is 2.16 bits per heavy atom. The summed E-state index contributed by atoms with van der Waals surface area (Å²) in [5, 5.41) is 3.97. The molecule has 4 aromatic rings. The van der Waals surface area contributed by atoms with Crippen molar-refractivity contribution in [1.82, 2.24) is 9.55 Å². The molecule has 0 radical (unpaired) electrons. The van der Waals surface area contributed by atoms with Crippen LogP contribution < -0.4 is 16.5 Å². The molecule has 0 atom stereocenters. The maximum absolute atomic E-state index is 13.2. The van der Waals surface area contributed by atoms with Gasteiger partial charge in [-0.15, -0.1) is 11.3 Å². The van der Waals surface area contributed by atoms with E-state index < -0.39 is 11.7 Å². The molecule has 0 unspecified atom stereocenters.